The fraction of sp³-hybridized carbons (Fsp3) is 0.795. The third kappa shape index (κ3) is 9.28. The maximum absolute atomic E-state index is 14.4. The number of halogens is 1. The molecule has 1 aromatic rings. The van der Waals surface area contributed by atoms with Crippen LogP contribution in [0.15, 0.2) is 24.3 Å². The lowest BCUT2D eigenvalue weighted by Gasteiger charge is -2.47. The average Bonchev–Trinajstić information content (AvgIpc) is 3.47. The van der Waals surface area contributed by atoms with Gasteiger partial charge < -0.3 is 38.8 Å². The predicted molar refractivity (Wildman–Crippen MR) is 196 cm³/mol. The van der Waals surface area contributed by atoms with Gasteiger partial charge in [0.15, 0.2) is 16.9 Å². The number of hydrogen-bond acceptors (Lipinski definition) is 11. The minimum Gasteiger partial charge on any atom is -0.493 e. The third-order valence-electron chi connectivity index (χ3n) is 11.6. The summed E-state index contributed by atoms with van der Waals surface area (Å²) < 4.78 is 31.3. The number of hydrogen-bond donors (Lipinski definition) is 2. The van der Waals surface area contributed by atoms with Crippen molar-refractivity contribution in [2.75, 3.05) is 40.9 Å². The summed E-state index contributed by atoms with van der Waals surface area (Å²) in [4.78, 5) is 30.3. The summed E-state index contributed by atoms with van der Waals surface area (Å²) in [6.45, 7) is 18.2. The number of methoxy groups -OCH3 is 1. The van der Waals surface area contributed by atoms with Crippen LogP contribution in [0.1, 0.15) is 80.7 Å². The zero-order valence-electron chi connectivity index (χ0n) is 32.7. The van der Waals surface area contributed by atoms with Gasteiger partial charge in [0.05, 0.1) is 30.5 Å². The number of ketones is 1. The number of carbonyl (C=O) groups excluding carboxylic acids is 2. The second-order valence-electron chi connectivity index (χ2n) is 17.0. The standard InChI is InChI=1S/C39H63ClN2O9/c1-22-18-38(8,47-12)34(51-35-32(44)29(41(10)11)16-23(2)49-35)24(3)33(45)39(9,40)36(46)50-30-20-42(25(4)31(22)43)19-26(30)21-48-28-15-13-14-27(17-28)37(5,6)7/h13-15,17,22-26,29-32,34-35,43-44H,16,18-21H2,1-12H3/t22-,23-,24+,25+,26+,29+,30+,31+,32-,34-,35+,38+,39?/m1/s1. The van der Waals surface area contributed by atoms with Crippen molar-refractivity contribution in [2.45, 2.75) is 140 Å². The van der Waals surface area contributed by atoms with E-state index in [9.17, 15) is 19.8 Å². The summed E-state index contributed by atoms with van der Waals surface area (Å²) in [6.07, 6.45) is -3.92. The largest absolute Gasteiger partial charge is 0.493 e. The summed E-state index contributed by atoms with van der Waals surface area (Å²) in [5.41, 5.74) is -0.0832. The minimum absolute atomic E-state index is 0.0543. The Morgan fingerprint density at radius 2 is 1.73 bits per heavy atom. The summed E-state index contributed by atoms with van der Waals surface area (Å²) in [7, 11) is 5.30. The lowest BCUT2D eigenvalue weighted by molar-refractivity contribution is -0.296. The van der Waals surface area contributed by atoms with Crippen molar-refractivity contribution >= 4 is 23.4 Å². The van der Waals surface area contributed by atoms with Crippen LogP contribution in [-0.2, 0) is 34.0 Å². The van der Waals surface area contributed by atoms with Crippen molar-refractivity contribution in [3.63, 3.8) is 0 Å². The molecule has 2 N–H and O–H groups in total. The van der Waals surface area contributed by atoms with Crippen LogP contribution in [0, 0.1) is 17.8 Å². The van der Waals surface area contributed by atoms with E-state index in [0.29, 0.717) is 31.7 Å². The van der Waals surface area contributed by atoms with Gasteiger partial charge in [0, 0.05) is 44.1 Å². The molecular formula is C39H63ClN2O9. The third-order valence-corrected chi connectivity index (χ3v) is 11.9. The Morgan fingerprint density at radius 3 is 2.33 bits per heavy atom. The summed E-state index contributed by atoms with van der Waals surface area (Å²) in [5.74, 6) is -2.32. The molecule has 290 valence electrons. The Labute approximate surface area is 310 Å². The molecule has 0 saturated carbocycles. The van der Waals surface area contributed by atoms with E-state index < -0.39 is 58.9 Å². The Kier molecular flexibility index (Phi) is 13.4. The van der Waals surface area contributed by atoms with Gasteiger partial charge in [-0.05, 0) is 83.7 Å². The van der Waals surface area contributed by atoms with Gasteiger partial charge in [0.2, 0.25) is 0 Å². The SMILES string of the molecule is CO[C@@]1(C)C[C@@H](C)[C@H](O)[C@H](C)N2C[C@@H](COc3cccc(C(C)(C)C)c3)[C@H](C2)OC(=O)C(C)(Cl)C(=O)[C@H](C)[C@H]1O[C@@H]1O[C@H](C)C[C@H](N(C)C)[C@H]1O. The molecule has 3 heterocycles. The molecule has 11 nitrogen and oxygen atoms in total. The number of aliphatic hydroxyl groups is 2. The molecule has 0 radical (unpaired) electrons. The number of likely N-dealkylation sites (N-methyl/N-ethyl adjacent to an activating group) is 1. The molecule has 0 amide bonds. The summed E-state index contributed by atoms with van der Waals surface area (Å²) in [6, 6.07) is 7.40. The number of benzene rings is 1. The van der Waals surface area contributed by atoms with E-state index >= 15 is 0 Å². The van der Waals surface area contributed by atoms with E-state index in [0.717, 1.165) is 5.56 Å². The molecule has 3 aliphatic heterocycles. The van der Waals surface area contributed by atoms with Crippen LogP contribution in [0.3, 0.4) is 0 Å². The number of alkyl halides is 1. The van der Waals surface area contributed by atoms with E-state index in [1.54, 1.807) is 6.92 Å². The zero-order valence-corrected chi connectivity index (χ0v) is 33.5. The maximum atomic E-state index is 14.4. The smallest absolute Gasteiger partial charge is 0.334 e. The highest BCUT2D eigenvalue weighted by Crippen LogP contribution is 2.40. The molecule has 3 aliphatic rings. The molecule has 2 unspecified atom stereocenters. The van der Waals surface area contributed by atoms with Crippen molar-refractivity contribution in [1.29, 1.82) is 0 Å². The molecule has 12 heteroatoms. The fourth-order valence-electron chi connectivity index (χ4n) is 8.03. The van der Waals surface area contributed by atoms with E-state index in [4.69, 9.17) is 35.3 Å². The normalized spacial score (nSPS) is 41.6. The highest BCUT2D eigenvalue weighted by Gasteiger charge is 2.54. The van der Waals surface area contributed by atoms with Gasteiger partial charge >= 0.3 is 5.97 Å². The Hall–Kier alpha value is -1.83. The molecule has 2 bridgehead atoms. The Balaban J connectivity index is 1.67. The molecule has 0 aliphatic carbocycles. The van der Waals surface area contributed by atoms with Crippen LogP contribution in [0.5, 0.6) is 5.75 Å². The van der Waals surface area contributed by atoms with Crippen molar-refractivity contribution in [3.05, 3.63) is 29.8 Å². The molecule has 3 saturated heterocycles. The number of rotatable bonds is 7. The first-order chi connectivity index (χ1) is 23.6. The first kappa shape index (κ1) is 41.9. The van der Waals surface area contributed by atoms with Crippen LogP contribution in [0.2, 0.25) is 0 Å². The van der Waals surface area contributed by atoms with Crippen molar-refractivity contribution < 1.29 is 43.5 Å². The number of nitrogens with zero attached hydrogens (tertiary/aromatic N) is 2. The predicted octanol–water partition coefficient (Wildman–Crippen LogP) is 4.41. The highest BCUT2D eigenvalue weighted by atomic mass is 35.5. The maximum Gasteiger partial charge on any atom is 0.334 e. The number of esters is 1. The Morgan fingerprint density at radius 1 is 1.06 bits per heavy atom. The van der Waals surface area contributed by atoms with Gasteiger partial charge in [-0.2, -0.15) is 0 Å². The van der Waals surface area contributed by atoms with Gasteiger partial charge in [-0.1, -0.05) is 58.4 Å². The van der Waals surface area contributed by atoms with Crippen LogP contribution in [0.25, 0.3) is 0 Å². The number of carbonyl (C=O) groups is 2. The molecule has 4 rings (SSSR count). The van der Waals surface area contributed by atoms with Gasteiger partial charge in [-0.25, -0.2) is 4.79 Å². The van der Waals surface area contributed by atoms with Crippen LogP contribution in [0.4, 0.5) is 0 Å². The van der Waals surface area contributed by atoms with Crippen LogP contribution in [-0.4, -0.2) is 132 Å². The molecule has 0 spiro atoms. The number of Topliss-reactive ketones (excluding diaryl/α,β-unsaturated/α-hetero) is 1. The van der Waals surface area contributed by atoms with E-state index in [-0.39, 0.29) is 42.0 Å². The van der Waals surface area contributed by atoms with Gasteiger partial charge in [0.25, 0.3) is 0 Å². The van der Waals surface area contributed by atoms with E-state index in [2.05, 4.69) is 31.7 Å². The molecule has 0 aromatic heterocycles. The minimum atomic E-state index is -2.05. The monoisotopic (exact) mass is 738 g/mol. The number of fused-ring (bicyclic) bond motifs is 2. The summed E-state index contributed by atoms with van der Waals surface area (Å²) >= 11 is 6.90. The van der Waals surface area contributed by atoms with Gasteiger partial charge in [0.1, 0.15) is 18.0 Å². The average molecular weight is 739 g/mol. The first-order valence-electron chi connectivity index (χ1n) is 18.4. The highest BCUT2D eigenvalue weighted by molar-refractivity contribution is 6.45. The molecule has 14 atom stereocenters. The Bertz CT molecular complexity index is 1350. The molecule has 51 heavy (non-hydrogen) atoms. The molecule has 3 fully saturated rings. The topological polar surface area (TPSA) is 127 Å². The zero-order chi connectivity index (χ0) is 38.2. The van der Waals surface area contributed by atoms with Crippen molar-refractivity contribution in [2.24, 2.45) is 17.8 Å². The second kappa shape index (κ2) is 16.3. The number of aliphatic hydroxyl groups excluding tert-OH is 2. The van der Waals surface area contributed by atoms with Crippen LogP contribution < -0.4 is 4.74 Å². The summed E-state index contributed by atoms with van der Waals surface area (Å²) in [5, 5.41) is 23.2. The molecule has 1 aromatic carbocycles. The van der Waals surface area contributed by atoms with E-state index in [1.807, 2.05) is 64.9 Å². The van der Waals surface area contributed by atoms with Crippen LogP contribution >= 0.6 is 11.6 Å². The number of ether oxygens (including phenoxy) is 5. The fourth-order valence-corrected chi connectivity index (χ4v) is 8.24. The first-order valence-corrected chi connectivity index (χ1v) is 18.8. The quantitative estimate of drug-likeness (QED) is 0.235. The van der Waals surface area contributed by atoms with E-state index in [1.165, 1.54) is 14.0 Å². The van der Waals surface area contributed by atoms with Crippen molar-refractivity contribution in [1.82, 2.24) is 9.80 Å². The lowest BCUT2D eigenvalue weighted by atomic mass is 9.76. The van der Waals surface area contributed by atoms with Gasteiger partial charge in [-0.3, -0.25) is 9.69 Å². The van der Waals surface area contributed by atoms with Crippen molar-refractivity contribution in [3.8, 4) is 5.75 Å². The second-order valence-corrected chi connectivity index (χ2v) is 17.7. The lowest BCUT2D eigenvalue weighted by Crippen LogP contribution is -2.60. The molecular weight excluding hydrogens is 676 g/mol. The van der Waals surface area contributed by atoms with Gasteiger partial charge in [-0.15, -0.1) is 0 Å².